The molecule has 7 heteroatoms. The van der Waals surface area contributed by atoms with E-state index in [0.717, 1.165) is 11.1 Å². The molecule has 35 heavy (non-hydrogen) atoms. The van der Waals surface area contributed by atoms with Crippen LogP contribution in [0, 0.1) is 0 Å². The Labute approximate surface area is 203 Å². The van der Waals surface area contributed by atoms with Gasteiger partial charge in [-0.15, -0.1) is 0 Å². The maximum Gasteiger partial charge on any atom is 0.356 e. The lowest BCUT2D eigenvalue weighted by atomic mass is 9.98. The lowest BCUT2D eigenvalue weighted by Gasteiger charge is -2.49. The number of benzene rings is 3. The number of β-lactam (4-membered cyclic amide) rings is 1. The Morgan fingerprint density at radius 3 is 2.03 bits per heavy atom. The first kappa shape index (κ1) is 22.6. The molecule has 0 bridgehead atoms. The third kappa shape index (κ3) is 4.34. The molecule has 1 saturated heterocycles. The van der Waals surface area contributed by atoms with E-state index in [0.29, 0.717) is 11.1 Å². The molecule has 0 radical (unpaired) electrons. The molecule has 1 fully saturated rings. The summed E-state index contributed by atoms with van der Waals surface area (Å²) in [6.45, 7) is 1.88. The summed E-state index contributed by atoms with van der Waals surface area (Å²) in [6.07, 6.45) is -1.41. The van der Waals surface area contributed by atoms with Gasteiger partial charge in [-0.1, -0.05) is 78.9 Å². The highest BCUT2D eigenvalue weighted by Crippen LogP contribution is 2.35. The van der Waals surface area contributed by atoms with Gasteiger partial charge in [-0.05, 0) is 35.8 Å². The van der Waals surface area contributed by atoms with Gasteiger partial charge in [-0.2, -0.15) is 0 Å². The zero-order chi connectivity index (χ0) is 24.4. The van der Waals surface area contributed by atoms with E-state index in [1.165, 1.54) is 4.90 Å². The van der Waals surface area contributed by atoms with Gasteiger partial charge in [0.2, 0.25) is 0 Å². The highest BCUT2D eigenvalue weighted by Gasteiger charge is 2.55. The van der Waals surface area contributed by atoms with Gasteiger partial charge in [0, 0.05) is 5.56 Å². The molecule has 2 atom stereocenters. The minimum absolute atomic E-state index is 0.151. The largest absolute Gasteiger partial charge is 0.448 e. The van der Waals surface area contributed by atoms with Crippen LogP contribution in [0.25, 0.3) is 0 Å². The van der Waals surface area contributed by atoms with Gasteiger partial charge in [-0.25, -0.2) is 4.79 Å². The number of esters is 1. The summed E-state index contributed by atoms with van der Waals surface area (Å²) < 4.78 is 11.8. The fraction of sp³-hybridized carbons (Fsp3) is 0.179. The van der Waals surface area contributed by atoms with Gasteiger partial charge in [0.1, 0.15) is 5.70 Å². The molecular weight excluding hydrogens is 444 g/mol. The van der Waals surface area contributed by atoms with Gasteiger partial charge < -0.3 is 14.8 Å². The first-order chi connectivity index (χ1) is 17.0. The molecule has 3 aromatic carbocycles. The number of ether oxygens (including phenoxy) is 2. The van der Waals surface area contributed by atoms with Crippen LogP contribution in [0.5, 0.6) is 0 Å². The van der Waals surface area contributed by atoms with E-state index in [4.69, 9.17) is 9.47 Å². The number of rotatable bonds is 6. The van der Waals surface area contributed by atoms with Crippen LogP contribution < -0.4 is 5.32 Å². The Hall–Kier alpha value is -4.23. The highest BCUT2D eigenvalue weighted by molar-refractivity contribution is 6.04. The molecule has 2 aliphatic heterocycles. The minimum atomic E-state index is -0.877. The van der Waals surface area contributed by atoms with E-state index in [1.54, 1.807) is 37.3 Å². The molecule has 1 N–H and O–H groups in total. The van der Waals surface area contributed by atoms with Gasteiger partial charge in [0.15, 0.2) is 18.4 Å². The van der Waals surface area contributed by atoms with Crippen LogP contribution in [-0.4, -0.2) is 41.6 Å². The molecule has 7 nitrogen and oxygen atoms in total. The van der Waals surface area contributed by atoms with E-state index in [2.05, 4.69) is 5.32 Å². The fourth-order valence-electron chi connectivity index (χ4n) is 4.32. The summed E-state index contributed by atoms with van der Waals surface area (Å²) >= 11 is 0. The van der Waals surface area contributed by atoms with Crippen LogP contribution >= 0.6 is 0 Å². The summed E-state index contributed by atoms with van der Waals surface area (Å²) in [5.41, 5.74) is 2.82. The Kier molecular flexibility index (Phi) is 6.16. The highest BCUT2D eigenvalue weighted by atomic mass is 16.6. The Bertz CT molecular complexity index is 1230. The monoisotopic (exact) mass is 468 g/mol. The Morgan fingerprint density at radius 2 is 1.46 bits per heavy atom. The van der Waals surface area contributed by atoms with Crippen molar-refractivity contribution in [1.29, 1.82) is 0 Å². The zero-order valence-corrected chi connectivity index (χ0v) is 19.1. The molecule has 0 spiro atoms. The second kappa shape index (κ2) is 9.56. The molecule has 2 heterocycles. The zero-order valence-electron chi connectivity index (χ0n) is 19.1. The molecule has 0 saturated carbocycles. The van der Waals surface area contributed by atoms with Crippen LogP contribution in [0.2, 0.25) is 0 Å². The summed E-state index contributed by atoms with van der Waals surface area (Å²) in [4.78, 5) is 40.3. The normalized spacial score (nSPS) is 19.1. The predicted octanol–water partition coefficient (Wildman–Crippen LogP) is 3.59. The van der Waals surface area contributed by atoms with Crippen molar-refractivity contribution in [3.05, 3.63) is 119 Å². The number of amides is 2. The van der Waals surface area contributed by atoms with Crippen LogP contribution in [-0.2, 0) is 19.1 Å². The molecule has 0 aromatic heterocycles. The van der Waals surface area contributed by atoms with Crippen molar-refractivity contribution in [2.24, 2.45) is 0 Å². The average Bonchev–Trinajstić information content (AvgIpc) is 2.91. The van der Waals surface area contributed by atoms with E-state index in [-0.39, 0.29) is 18.2 Å². The summed E-state index contributed by atoms with van der Waals surface area (Å²) in [7, 11) is 0. The number of nitrogens with zero attached hydrogens (tertiary/aromatic N) is 1. The summed E-state index contributed by atoms with van der Waals surface area (Å²) in [5.74, 6) is -1.41. The molecule has 0 unspecified atom stereocenters. The van der Waals surface area contributed by atoms with Crippen molar-refractivity contribution >= 4 is 17.8 Å². The van der Waals surface area contributed by atoms with Crippen molar-refractivity contribution in [1.82, 2.24) is 10.2 Å². The van der Waals surface area contributed by atoms with E-state index >= 15 is 0 Å². The Balaban J connectivity index is 1.36. The maximum atomic E-state index is 13.4. The lowest BCUT2D eigenvalue weighted by molar-refractivity contribution is -0.184. The molecular formula is C28H24N2O5. The van der Waals surface area contributed by atoms with Gasteiger partial charge in [0.05, 0.1) is 6.61 Å². The first-order valence-electron chi connectivity index (χ1n) is 11.4. The van der Waals surface area contributed by atoms with Crippen molar-refractivity contribution in [3.63, 3.8) is 0 Å². The van der Waals surface area contributed by atoms with Crippen LogP contribution in [0.4, 0.5) is 0 Å². The van der Waals surface area contributed by atoms with Crippen LogP contribution in [0.3, 0.4) is 0 Å². The Morgan fingerprint density at radius 1 is 0.914 bits per heavy atom. The number of hydrogen-bond donors (Lipinski definition) is 1. The fourth-order valence-corrected chi connectivity index (χ4v) is 4.32. The smallest absolute Gasteiger partial charge is 0.356 e. The van der Waals surface area contributed by atoms with Gasteiger partial charge in [-0.3, -0.25) is 14.5 Å². The standard InChI is InChI=1S/C28H24N2O5/c1-18-17-34-27-22(29-25(31)21-15-9-4-10-16-21)26(32)30(27)23(18)28(33)35-24(19-11-5-2-6-12-19)20-13-7-3-8-14-20/h2-16,22,24,27H,17H2,1H3,(H,29,31)/t22-,27-/m1/s1. The lowest BCUT2D eigenvalue weighted by Crippen LogP contribution is -2.72. The quantitative estimate of drug-likeness (QED) is 0.442. The summed E-state index contributed by atoms with van der Waals surface area (Å²) in [6, 6.07) is 26.6. The molecule has 0 aliphatic carbocycles. The van der Waals surface area contributed by atoms with Gasteiger partial charge in [0.25, 0.3) is 11.8 Å². The maximum absolute atomic E-state index is 13.4. The number of carbonyl (C=O) groups is 3. The van der Waals surface area contributed by atoms with Crippen LogP contribution in [0.1, 0.15) is 34.5 Å². The van der Waals surface area contributed by atoms with E-state index in [1.807, 2.05) is 60.7 Å². The average molecular weight is 469 g/mol. The number of fused-ring (bicyclic) bond motifs is 1. The SMILES string of the molecule is CC1=C(C(=O)OC(c2ccccc2)c2ccccc2)N2C(=O)[C@@H](NC(=O)c3ccccc3)[C@H]2OC1. The summed E-state index contributed by atoms with van der Waals surface area (Å²) in [5, 5.41) is 2.72. The molecule has 176 valence electrons. The molecule has 2 aliphatic rings. The van der Waals surface area contributed by atoms with Crippen molar-refractivity contribution in [3.8, 4) is 0 Å². The topological polar surface area (TPSA) is 84.9 Å². The van der Waals surface area contributed by atoms with E-state index in [9.17, 15) is 14.4 Å². The third-order valence-corrected chi connectivity index (χ3v) is 6.10. The number of hydrogen-bond acceptors (Lipinski definition) is 5. The van der Waals surface area contributed by atoms with E-state index < -0.39 is 30.3 Å². The van der Waals surface area contributed by atoms with Gasteiger partial charge >= 0.3 is 5.97 Å². The molecule has 3 aromatic rings. The number of carbonyl (C=O) groups excluding carboxylic acids is 3. The molecule has 5 rings (SSSR count). The van der Waals surface area contributed by atoms with Crippen molar-refractivity contribution in [2.45, 2.75) is 25.3 Å². The second-order valence-corrected chi connectivity index (χ2v) is 8.46. The molecule has 2 amide bonds. The first-order valence-corrected chi connectivity index (χ1v) is 11.4. The number of nitrogens with one attached hydrogen (secondary N) is 1. The predicted molar refractivity (Wildman–Crippen MR) is 128 cm³/mol. The second-order valence-electron chi connectivity index (χ2n) is 8.46. The van der Waals surface area contributed by atoms with Crippen molar-refractivity contribution in [2.75, 3.05) is 6.61 Å². The third-order valence-electron chi connectivity index (χ3n) is 6.10. The van der Waals surface area contributed by atoms with Crippen molar-refractivity contribution < 1.29 is 23.9 Å². The minimum Gasteiger partial charge on any atom is -0.448 e. The van der Waals surface area contributed by atoms with Crippen LogP contribution in [0.15, 0.2) is 102 Å².